The van der Waals surface area contributed by atoms with Gasteiger partial charge in [-0.25, -0.2) is 4.98 Å². The van der Waals surface area contributed by atoms with Crippen LogP contribution in [0.4, 0.5) is 0 Å². The number of aryl methyl sites for hydroxylation is 1. The summed E-state index contributed by atoms with van der Waals surface area (Å²) in [5.41, 5.74) is 2.38. The van der Waals surface area contributed by atoms with Crippen LogP contribution in [0.2, 0.25) is 0 Å². The van der Waals surface area contributed by atoms with Crippen LogP contribution in [0.3, 0.4) is 0 Å². The Balaban J connectivity index is 2.55. The highest BCUT2D eigenvalue weighted by Crippen LogP contribution is 2.29. The van der Waals surface area contributed by atoms with E-state index in [1.807, 2.05) is 7.05 Å². The molecule has 0 bridgehead atoms. The fourth-order valence-corrected chi connectivity index (χ4v) is 2.97. The molecule has 0 aliphatic carbocycles. The number of rotatable bonds is 2. The van der Waals surface area contributed by atoms with Crippen molar-refractivity contribution in [2.75, 3.05) is 7.05 Å². The van der Waals surface area contributed by atoms with Gasteiger partial charge in [-0.05, 0) is 37.5 Å². The zero-order valence-corrected chi connectivity index (χ0v) is 9.13. The van der Waals surface area contributed by atoms with Gasteiger partial charge in [-0.3, -0.25) is 4.72 Å². The standard InChI is InChI=1S/C9H10N2S2/c1-6-4-3-5-7-8(6)11-9(12-7)13-10-2/h3-5,10H,1-2H3. The monoisotopic (exact) mass is 210 g/mol. The Labute approximate surface area is 85.5 Å². The van der Waals surface area contributed by atoms with Gasteiger partial charge in [0.15, 0.2) is 4.34 Å². The second-order valence-electron chi connectivity index (χ2n) is 2.71. The summed E-state index contributed by atoms with van der Waals surface area (Å²) in [6.07, 6.45) is 0. The average Bonchev–Trinajstić information content (AvgIpc) is 2.49. The second-order valence-corrected chi connectivity index (χ2v) is 5.00. The summed E-state index contributed by atoms with van der Waals surface area (Å²) in [5, 5.41) is 0. The number of thiazole rings is 1. The van der Waals surface area contributed by atoms with Gasteiger partial charge in [-0.2, -0.15) is 0 Å². The lowest BCUT2D eigenvalue weighted by molar-refractivity contribution is 1.23. The van der Waals surface area contributed by atoms with Crippen molar-refractivity contribution in [3.63, 3.8) is 0 Å². The molecule has 0 unspecified atom stereocenters. The average molecular weight is 210 g/mol. The molecule has 0 radical (unpaired) electrons. The van der Waals surface area contributed by atoms with E-state index in [2.05, 4.69) is 34.8 Å². The number of nitrogens with zero attached hydrogens (tertiary/aromatic N) is 1. The van der Waals surface area contributed by atoms with Gasteiger partial charge in [0, 0.05) is 0 Å². The maximum Gasteiger partial charge on any atom is 0.166 e. The van der Waals surface area contributed by atoms with Gasteiger partial charge < -0.3 is 0 Å². The van der Waals surface area contributed by atoms with Crippen LogP contribution in [0.1, 0.15) is 5.56 Å². The molecule has 0 spiro atoms. The van der Waals surface area contributed by atoms with Crippen molar-refractivity contribution < 1.29 is 0 Å². The fourth-order valence-electron chi connectivity index (χ4n) is 1.20. The zero-order chi connectivity index (χ0) is 9.26. The Hall–Kier alpha value is -0.580. The Morgan fingerprint density at radius 2 is 2.31 bits per heavy atom. The molecule has 1 aromatic heterocycles. The van der Waals surface area contributed by atoms with Crippen LogP contribution < -0.4 is 4.72 Å². The first-order valence-electron chi connectivity index (χ1n) is 4.01. The molecule has 1 heterocycles. The first-order chi connectivity index (χ1) is 6.31. The van der Waals surface area contributed by atoms with E-state index in [4.69, 9.17) is 0 Å². The number of nitrogens with one attached hydrogen (secondary N) is 1. The highest BCUT2D eigenvalue weighted by molar-refractivity contribution is 7.99. The summed E-state index contributed by atoms with van der Waals surface area (Å²) in [4.78, 5) is 4.52. The lowest BCUT2D eigenvalue weighted by Gasteiger charge is -1.90. The molecule has 2 rings (SSSR count). The van der Waals surface area contributed by atoms with Crippen LogP contribution in [0.25, 0.3) is 10.2 Å². The lowest BCUT2D eigenvalue weighted by atomic mass is 10.2. The van der Waals surface area contributed by atoms with Crippen molar-refractivity contribution in [1.29, 1.82) is 0 Å². The minimum atomic E-state index is 1.08. The minimum Gasteiger partial charge on any atom is -0.261 e. The molecule has 0 aliphatic rings. The smallest absolute Gasteiger partial charge is 0.166 e. The third-order valence-corrected chi connectivity index (χ3v) is 3.58. The normalized spacial score (nSPS) is 10.9. The topological polar surface area (TPSA) is 24.9 Å². The maximum atomic E-state index is 4.52. The molecule has 0 atom stereocenters. The molecule has 4 heteroatoms. The summed E-state index contributed by atoms with van der Waals surface area (Å²) < 4.78 is 5.37. The third-order valence-electron chi connectivity index (χ3n) is 1.79. The van der Waals surface area contributed by atoms with Gasteiger partial charge in [-0.1, -0.05) is 12.1 Å². The number of para-hydroxylation sites is 1. The molecule has 2 nitrogen and oxygen atoms in total. The summed E-state index contributed by atoms with van der Waals surface area (Å²) >= 11 is 3.29. The lowest BCUT2D eigenvalue weighted by Crippen LogP contribution is -1.89. The molecule has 0 saturated carbocycles. The predicted octanol–water partition coefficient (Wildman–Crippen LogP) is 2.83. The summed E-state index contributed by atoms with van der Waals surface area (Å²) in [7, 11) is 1.91. The molecular weight excluding hydrogens is 200 g/mol. The minimum absolute atomic E-state index is 1.08. The molecule has 0 amide bonds. The first-order valence-corrected chi connectivity index (χ1v) is 5.64. The summed E-state index contributed by atoms with van der Waals surface area (Å²) in [6, 6.07) is 6.28. The SMILES string of the molecule is CNSc1nc2c(C)cccc2s1. The van der Waals surface area contributed by atoms with E-state index in [1.165, 1.54) is 10.3 Å². The molecule has 2 aromatic rings. The van der Waals surface area contributed by atoms with Crippen LogP contribution in [-0.2, 0) is 0 Å². The predicted molar refractivity (Wildman–Crippen MR) is 59.3 cm³/mol. The molecule has 1 N–H and O–H groups in total. The molecular formula is C9H10N2S2. The van der Waals surface area contributed by atoms with Gasteiger partial charge >= 0.3 is 0 Å². The summed E-state index contributed by atoms with van der Waals surface area (Å²) in [6.45, 7) is 2.09. The third kappa shape index (κ3) is 1.70. The van der Waals surface area contributed by atoms with Gasteiger partial charge in [0.05, 0.1) is 10.2 Å². The number of aromatic nitrogens is 1. The van der Waals surface area contributed by atoms with Gasteiger partial charge in [-0.15, -0.1) is 11.3 Å². The van der Waals surface area contributed by atoms with E-state index in [-0.39, 0.29) is 0 Å². The number of benzene rings is 1. The van der Waals surface area contributed by atoms with Crippen LogP contribution in [0, 0.1) is 6.92 Å². The highest BCUT2D eigenvalue weighted by atomic mass is 32.2. The molecule has 0 saturated heterocycles. The number of hydrogen-bond acceptors (Lipinski definition) is 4. The quantitative estimate of drug-likeness (QED) is 0.772. The second kappa shape index (κ2) is 3.65. The largest absolute Gasteiger partial charge is 0.261 e. The zero-order valence-electron chi connectivity index (χ0n) is 7.50. The fraction of sp³-hybridized carbons (Fsp3) is 0.222. The number of hydrogen-bond donors (Lipinski definition) is 1. The van der Waals surface area contributed by atoms with Crippen molar-refractivity contribution in [2.24, 2.45) is 0 Å². The molecule has 0 fully saturated rings. The van der Waals surface area contributed by atoms with Gasteiger partial charge in [0.1, 0.15) is 0 Å². The Morgan fingerprint density at radius 3 is 3.00 bits per heavy atom. The van der Waals surface area contributed by atoms with E-state index in [0.717, 1.165) is 9.86 Å². The van der Waals surface area contributed by atoms with Crippen molar-refractivity contribution in [1.82, 2.24) is 9.71 Å². The van der Waals surface area contributed by atoms with Crippen molar-refractivity contribution >= 4 is 33.5 Å². The summed E-state index contributed by atoms with van der Waals surface area (Å²) in [5.74, 6) is 0. The van der Waals surface area contributed by atoms with E-state index in [0.29, 0.717) is 0 Å². The van der Waals surface area contributed by atoms with Crippen molar-refractivity contribution in [3.05, 3.63) is 23.8 Å². The van der Waals surface area contributed by atoms with Crippen LogP contribution >= 0.6 is 23.3 Å². The highest BCUT2D eigenvalue weighted by Gasteiger charge is 2.04. The van der Waals surface area contributed by atoms with E-state index < -0.39 is 0 Å². The van der Waals surface area contributed by atoms with E-state index >= 15 is 0 Å². The van der Waals surface area contributed by atoms with Gasteiger partial charge in [0.2, 0.25) is 0 Å². The molecule has 68 valence electrons. The van der Waals surface area contributed by atoms with E-state index in [9.17, 15) is 0 Å². The Kier molecular flexibility index (Phi) is 2.53. The van der Waals surface area contributed by atoms with E-state index in [1.54, 1.807) is 23.3 Å². The maximum absolute atomic E-state index is 4.52. The molecule has 0 aliphatic heterocycles. The van der Waals surface area contributed by atoms with Gasteiger partial charge in [0.25, 0.3) is 0 Å². The van der Waals surface area contributed by atoms with Crippen LogP contribution in [-0.4, -0.2) is 12.0 Å². The molecule has 1 aromatic carbocycles. The van der Waals surface area contributed by atoms with Crippen molar-refractivity contribution in [3.8, 4) is 0 Å². The van der Waals surface area contributed by atoms with Crippen LogP contribution in [0.5, 0.6) is 0 Å². The van der Waals surface area contributed by atoms with Crippen molar-refractivity contribution in [2.45, 2.75) is 11.3 Å². The van der Waals surface area contributed by atoms with Crippen LogP contribution in [0.15, 0.2) is 22.5 Å². The first kappa shape index (κ1) is 8.99. The Morgan fingerprint density at radius 1 is 1.46 bits per heavy atom. The molecule has 13 heavy (non-hydrogen) atoms. The Bertz CT molecular complexity index is 422. The number of fused-ring (bicyclic) bond motifs is 1.